The average Bonchev–Trinajstić information content (AvgIpc) is 2.30. The Bertz CT molecular complexity index is 405. The fraction of sp³-hybridized carbons (Fsp3) is 0.600. The monoisotopic (exact) mass is 271 g/mol. The van der Waals surface area contributed by atoms with Crippen LogP contribution in [0.15, 0.2) is 18.2 Å². The van der Waals surface area contributed by atoms with Crippen LogP contribution in [0.2, 0.25) is 0 Å². The maximum atomic E-state index is 13.4. The SMILES string of the molecule is CC(C)CNCC(C)(C)COc1cc(F)ccc1F. The molecule has 4 heteroatoms. The number of ether oxygens (including phenoxy) is 1. The quantitative estimate of drug-likeness (QED) is 0.818. The molecule has 1 rings (SSSR count). The molecule has 1 aromatic rings. The molecule has 0 bridgehead atoms. The van der Waals surface area contributed by atoms with Crippen molar-refractivity contribution in [3.8, 4) is 5.75 Å². The van der Waals surface area contributed by atoms with Crippen molar-refractivity contribution in [2.45, 2.75) is 27.7 Å². The van der Waals surface area contributed by atoms with Gasteiger partial charge in [-0.25, -0.2) is 8.78 Å². The van der Waals surface area contributed by atoms with Crippen molar-refractivity contribution in [2.75, 3.05) is 19.7 Å². The van der Waals surface area contributed by atoms with Crippen LogP contribution in [0.5, 0.6) is 5.75 Å². The van der Waals surface area contributed by atoms with E-state index < -0.39 is 11.6 Å². The van der Waals surface area contributed by atoms with Crippen LogP contribution in [-0.4, -0.2) is 19.7 Å². The van der Waals surface area contributed by atoms with Crippen LogP contribution in [0, 0.1) is 23.0 Å². The predicted octanol–water partition coefficient (Wildman–Crippen LogP) is 3.62. The molecule has 0 radical (unpaired) electrons. The van der Waals surface area contributed by atoms with Gasteiger partial charge >= 0.3 is 0 Å². The fourth-order valence-corrected chi connectivity index (χ4v) is 1.61. The number of rotatable bonds is 7. The first-order chi connectivity index (χ1) is 8.80. The molecule has 108 valence electrons. The molecular weight excluding hydrogens is 248 g/mol. The summed E-state index contributed by atoms with van der Waals surface area (Å²) < 4.78 is 31.8. The van der Waals surface area contributed by atoms with E-state index in [1.54, 1.807) is 0 Å². The van der Waals surface area contributed by atoms with E-state index in [9.17, 15) is 8.78 Å². The Balaban J connectivity index is 2.47. The molecule has 0 amide bonds. The summed E-state index contributed by atoms with van der Waals surface area (Å²) in [5.41, 5.74) is -0.145. The zero-order chi connectivity index (χ0) is 14.5. The Labute approximate surface area is 114 Å². The number of nitrogens with one attached hydrogen (secondary N) is 1. The third-order valence-electron chi connectivity index (χ3n) is 2.67. The molecule has 19 heavy (non-hydrogen) atoms. The molecule has 0 aromatic heterocycles. The van der Waals surface area contributed by atoms with Gasteiger partial charge < -0.3 is 10.1 Å². The molecule has 0 aliphatic rings. The maximum Gasteiger partial charge on any atom is 0.165 e. The molecule has 0 spiro atoms. The molecule has 1 aromatic carbocycles. The van der Waals surface area contributed by atoms with Crippen molar-refractivity contribution in [3.05, 3.63) is 29.8 Å². The molecule has 0 aliphatic carbocycles. The summed E-state index contributed by atoms with van der Waals surface area (Å²) >= 11 is 0. The Morgan fingerprint density at radius 3 is 2.58 bits per heavy atom. The van der Waals surface area contributed by atoms with Gasteiger partial charge in [0.05, 0.1) is 6.61 Å². The van der Waals surface area contributed by atoms with E-state index in [0.29, 0.717) is 12.5 Å². The zero-order valence-corrected chi connectivity index (χ0v) is 12.1. The molecule has 0 unspecified atom stereocenters. The van der Waals surface area contributed by atoms with Crippen LogP contribution in [0.1, 0.15) is 27.7 Å². The standard InChI is InChI=1S/C15H23F2NO/c1-11(2)8-18-9-15(3,4)10-19-14-7-12(16)5-6-13(14)17/h5-7,11,18H,8-10H2,1-4H3. The van der Waals surface area contributed by atoms with Gasteiger partial charge in [0.2, 0.25) is 0 Å². The van der Waals surface area contributed by atoms with Crippen molar-refractivity contribution in [3.63, 3.8) is 0 Å². The second-order valence-corrected chi connectivity index (χ2v) is 6.05. The highest BCUT2D eigenvalue weighted by atomic mass is 19.1. The molecule has 0 fully saturated rings. The Kier molecular flexibility index (Phi) is 5.73. The first-order valence-electron chi connectivity index (χ1n) is 6.59. The molecular formula is C15H23F2NO. The zero-order valence-electron chi connectivity index (χ0n) is 12.1. The minimum atomic E-state index is -0.535. The Hall–Kier alpha value is -1.16. The lowest BCUT2D eigenvalue weighted by molar-refractivity contribution is 0.169. The highest BCUT2D eigenvalue weighted by molar-refractivity contribution is 5.24. The van der Waals surface area contributed by atoms with Gasteiger partial charge in [0, 0.05) is 18.0 Å². The summed E-state index contributed by atoms with van der Waals surface area (Å²) in [6.45, 7) is 10.4. The van der Waals surface area contributed by atoms with Crippen molar-refractivity contribution < 1.29 is 13.5 Å². The summed E-state index contributed by atoms with van der Waals surface area (Å²) in [5, 5.41) is 3.34. The molecule has 0 saturated carbocycles. The molecule has 0 saturated heterocycles. The highest BCUT2D eigenvalue weighted by Crippen LogP contribution is 2.21. The third kappa shape index (κ3) is 6.01. The van der Waals surface area contributed by atoms with Crippen LogP contribution >= 0.6 is 0 Å². The van der Waals surface area contributed by atoms with Gasteiger partial charge in [0.15, 0.2) is 11.6 Å². The lowest BCUT2D eigenvalue weighted by Gasteiger charge is -2.25. The van der Waals surface area contributed by atoms with Crippen LogP contribution in [0.3, 0.4) is 0 Å². The average molecular weight is 271 g/mol. The lowest BCUT2D eigenvalue weighted by Crippen LogP contribution is -2.36. The van der Waals surface area contributed by atoms with Crippen molar-refractivity contribution in [2.24, 2.45) is 11.3 Å². The summed E-state index contributed by atoms with van der Waals surface area (Å²) in [6, 6.07) is 3.24. The summed E-state index contributed by atoms with van der Waals surface area (Å²) in [4.78, 5) is 0. The van der Waals surface area contributed by atoms with Gasteiger partial charge in [-0.1, -0.05) is 27.7 Å². The Morgan fingerprint density at radius 1 is 1.26 bits per heavy atom. The van der Waals surface area contributed by atoms with Crippen molar-refractivity contribution in [1.29, 1.82) is 0 Å². The van der Waals surface area contributed by atoms with Gasteiger partial charge in [-0.05, 0) is 24.6 Å². The summed E-state index contributed by atoms with van der Waals surface area (Å²) in [5.74, 6) is -0.478. The van der Waals surface area contributed by atoms with E-state index in [-0.39, 0.29) is 11.2 Å². The largest absolute Gasteiger partial charge is 0.490 e. The summed E-state index contributed by atoms with van der Waals surface area (Å²) in [7, 11) is 0. The van der Waals surface area contributed by atoms with Crippen LogP contribution in [-0.2, 0) is 0 Å². The highest BCUT2D eigenvalue weighted by Gasteiger charge is 2.19. The molecule has 1 N–H and O–H groups in total. The minimum absolute atomic E-state index is 0.0306. The second-order valence-electron chi connectivity index (χ2n) is 6.05. The molecule has 2 nitrogen and oxygen atoms in total. The normalized spacial score (nSPS) is 11.9. The van der Waals surface area contributed by atoms with E-state index in [1.807, 2.05) is 13.8 Å². The van der Waals surface area contributed by atoms with E-state index in [1.165, 1.54) is 0 Å². The van der Waals surface area contributed by atoms with Gasteiger partial charge in [0.1, 0.15) is 5.82 Å². The number of halogens is 2. The van der Waals surface area contributed by atoms with E-state index >= 15 is 0 Å². The molecule has 0 atom stereocenters. The fourth-order valence-electron chi connectivity index (χ4n) is 1.61. The summed E-state index contributed by atoms with van der Waals surface area (Å²) in [6.07, 6.45) is 0. The van der Waals surface area contributed by atoms with E-state index in [4.69, 9.17) is 4.74 Å². The van der Waals surface area contributed by atoms with Gasteiger partial charge in [-0.2, -0.15) is 0 Å². The molecule has 0 heterocycles. The van der Waals surface area contributed by atoms with Gasteiger partial charge in [-0.3, -0.25) is 0 Å². The van der Waals surface area contributed by atoms with E-state index in [0.717, 1.165) is 31.3 Å². The van der Waals surface area contributed by atoms with Crippen molar-refractivity contribution >= 4 is 0 Å². The number of hydrogen-bond donors (Lipinski definition) is 1. The number of hydrogen-bond acceptors (Lipinski definition) is 2. The van der Waals surface area contributed by atoms with E-state index in [2.05, 4.69) is 19.2 Å². The lowest BCUT2D eigenvalue weighted by atomic mass is 9.94. The van der Waals surface area contributed by atoms with Gasteiger partial charge in [0.25, 0.3) is 0 Å². The smallest absolute Gasteiger partial charge is 0.165 e. The predicted molar refractivity (Wildman–Crippen MR) is 73.3 cm³/mol. The second kappa shape index (κ2) is 6.85. The Morgan fingerprint density at radius 2 is 1.95 bits per heavy atom. The number of benzene rings is 1. The molecule has 0 aliphatic heterocycles. The maximum absolute atomic E-state index is 13.4. The van der Waals surface area contributed by atoms with Crippen LogP contribution < -0.4 is 10.1 Å². The minimum Gasteiger partial charge on any atom is -0.490 e. The van der Waals surface area contributed by atoms with Crippen LogP contribution in [0.25, 0.3) is 0 Å². The van der Waals surface area contributed by atoms with Gasteiger partial charge in [-0.15, -0.1) is 0 Å². The van der Waals surface area contributed by atoms with Crippen LogP contribution in [0.4, 0.5) is 8.78 Å². The first-order valence-corrected chi connectivity index (χ1v) is 6.59. The first kappa shape index (κ1) is 15.9. The van der Waals surface area contributed by atoms with Crippen molar-refractivity contribution in [1.82, 2.24) is 5.32 Å². The third-order valence-corrected chi connectivity index (χ3v) is 2.67. The topological polar surface area (TPSA) is 21.3 Å².